The fourth-order valence-corrected chi connectivity index (χ4v) is 6.44. The molecule has 0 aromatic carbocycles. The second kappa shape index (κ2) is 7.26. The molecule has 1 saturated carbocycles. The molecule has 33 heavy (non-hydrogen) atoms. The van der Waals surface area contributed by atoms with E-state index in [-0.39, 0.29) is 13.0 Å². The Bertz CT molecular complexity index is 900. The lowest BCUT2D eigenvalue weighted by Crippen LogP contribution is -2.70. The second-order valence-corrected chi connectivity index (χ2v) is 9.92. The molecule has 1 spiro atoms. The number of hydrogen-bond donors (Lipinski definition) is 6. The lowest BCUT2D eigenvalue weighted by Gasteiger charge is -2.58. The number of ketones is 1. The zero-order valence-corrected chi connectivity index (χ0v) is 18.0. The Morgan fingerprint density at radius 2 is 1.85 bits per heavy atom. The molecule has 0 radical (unpaired) electrons. The third-order valence-corrected chi connectivity index (χ3v) is 8.53. The molecule has 12 nitrogen and oxygen atoms in total. The molecule has 3 aliphatic heterocycles. The number of carbonyl (C=O) groups excluding carboxylic acids is 1. The van der Waals surface area contributed by atoms with E-state index in [0.717, 1.165) is 0 Å². The summed E-state index contributed by atoms with van der Waals surface area (Å²) in [5.74, 6) is -2.05. The van der Waals surface area contributed by atoms with Crippen molar-refractivity contribution in [2.75, 3.05) is 13.2 Å². The smallest absolute Gasteiger partial charge is 0.335 e. The van der Waals surface area contributed by atoms with Gasteiger partial charge < -0.3 is 49.6 Å². The van der Waals surface area contributed by atoms with Crippen LogP contribution in [0.3, 0.4) is 0 Å². The summed E-state index contributed by atoms with van der Waals surface area (Å²) in [6, 6.07) is 0. The molecule has 3 saturated heterocycles. The number of aliphatic hydroxyl groups is 5. The molecule has 0 aromatic heterocycles. The number of aliphatic carboxylic acids is 1. The van der Waals surface area contributed by atoms with Crippen LogP contribution in [0.2, 0.25) is 0 Å². The van der Waals surface area contributed by atoms with Crippen molar-refractivity contribution in [3.05, 3.63) is 11.6 Å². The van der Waals surface area contributed by atoms with Crippen molar-refractivity contribution in [3.63, 3.8) is 0 Å². The van der Waals surface area contributed by atoms with Gasteiger partial charge in [0.1, 0.15) is 36.1 Å². The summed E-state index contributed by atoms with van der Waals surface area (Å²) >= 11 is 0. The normalized spacial score (nSPS) is 55.3. The fourth-order valence-electron chi connectivity index (χ4n) is 6.44. The van der Waals surface area contributed by atoms with Gasteiger partial charge in [-0.15, -0.1) is 0 Å². The van der Waals surface area contributed by atoms with Crippen molar-refractivity contribution < 1.29 is 59.2 Å². The average Bonchev–Trinajstić information content (AvgIpc) is 3.54. The molecular formula is C21H28O12. The van der Waals surface area contributed by atoms with E-state index in [4.69, 9.17) is 18.9 Å². The van der Waals surface area contributed by atoms with Crippen molar-refractivity contribution in [2.45, 2.75) is 81.0 Å². The highest BCUT2D eigenvalue weighted by Gasteiger charge is 2.83. The number of carboxylic acid groups (broad SMARTS) is 1. The first-order valence-corrected chi connectivity index (χ1v) is 10.8. The minimum Gasteiger partial charge on any atom is -0.479 e. The second-order valence-electron chi connectivity index (χ2n) is 9.92. The Kier molecular flexibility index (Phi) is 5.12. The van der Waals surface area contributed by atoms with Gasteiger partial charge in [0, 0.05) is 5.41 Å². The summed E-state index contributed by atoms with van der Waals surface area (Å²) in [7, 11) is 0. The van der Waals surface area contributed by atoms with E-state index in [2.05, 4.69) is 0 Å². The Labute approximate surface area is 188 Å². The molecular weight excluding hydrogens is 444 g/mol. The number of ether oxygens (including phenoxy) is 4. The zero-order chi connectivity index (χ0) is 24.1. The van der Waals surface area contributed by atoms with Gasteiger partial charge in [-0.25, -0.2) is 4.79 Å². The lowest BCUT2D eigenvalue weighted by molar-refractivity contribution is -0.312. The van der Waals surface area contributed by atoms with Crippen LogP contribution in [0, 0.1) is 10.8 Å². The molecule has 2 bridgehead atoms. The number of aliphatic hydroxyl groups excluding tert-OH is 5. The number of carboxylic acids is 1. The third-order valence-electron chi connectivity index (χ3n) is 8.53. The largest absolute Gasteiger partial charge is 0.479 e. The van der Waals surface area contributed by atoms with E-state index in [1.165, 1.54) is 0 Å². The summed E-state index contributed by atoms with van der Waals surface area (Å²) < 4.78 is 23.2. The topological polar surface area (TPSA) is 196 Å². The first-order valence-electron chi connectivity index (χ1n) is 10.8. The highest BCUT2D eigenvalue weighted by Crippen LogP contribution is 2.71. The Hall–Kier alpha value is -1.48. The van der Waals surface area contributed by atoms with Crippen LogP contribution in [0.1, 0.15) is 20.3 Å². The van der Waals surface area contributed by atoms with Gasteiger partial charge in [0.2, 0.25) is 0 Å². The van der Waals surface area contributed by atoms with Crippen LogP contribution in [0.4, 0.5) is 0 Å². The first kappa shape index (κ1) is 23.3. The van der Waals surface area contributed by atoms with Crippen molar-refractivity contribution in [1.82, 2.24) is 0 Å². The predicted octanol–water partition coefficient (Wildman–Crippen LogP) is -2.92. The number of rotatable bonds is 4. The van der Waals surface area contributed by atoms with Crippen LogP contribution >= 0.6 is 0 Å². The Balaban J connectivity index is 1.49. The third kappa shape index (κ3) is 2.72. The van der Waals surface area contributed by atoms with Crippen molar-refractivity contribution in [3.8, 4) is 0 Å². The van der Waals surface area contributed by atoms with Crippen LogP contribution in [-0.4, -0.2) is 116 Å². The fraction of sp³-hybridized carbons (Fsp3) is 0.810. The van der Waals surface area contributed by atoms with Gasteiger partial charge in [-0.3, -0.25) is 4.79 Å². The number of fused-ring (bicyclic) bond motifs is 2. The maximum atomic E-state index is 12.7. The van der Waals surface area contributed by atoms with Gasteiger partial charge in [-0.05, 0) is 25.0 Å². The van der Waals surface area contributed by atoms with Gasteiger partial charge in [0.05, 0.1) is 30.8 Å². The number of Topliss-reactive ketones (excluding diaryl/α,β-unsaturated/α-hetero) is 1. The average molecular weight is 472 g/mol. The molecule has 0 unspecified atom stereocenters. The van der Waals surface area contributed by atoms with Crippen molar-refractivity contribution in [2.24, 2.45) is 10.8 Å². The Morgan fingerprint density at radius 1 is 1.18 bits per heavy atom. The SMILES string of the molecule is CC1=C[C@H]2O[C@@H]3[C@H](O[C@@H]4O[C@H](C(=O)O)[C@@H](O)[C@H](O)[C@H]4O)C[C@](C)([C@@]2(CO)[C@H](O)C1=O)[C@]31CO1. The molecule has 2 aliphatic carbocycles. The zero-order valence-electron chi connectivity index (χ0n) is 18.0. The quantitative estimate of drug-likeness (QED) is 0.228. The van der Waals surface area contributed by atoms with Crippen LogP contribution in [-0.2, 0) is 28.5 Å². The summed E-state index contributed by atoms with van der Waals surface area (Å²) in [4.78, 5) is 24.1. The first-order chi connectivity index (χ1) is 15.4. The molecule has 0 amide bonds. The molecule has 5 rings (SSSR count). The number of epoxide rings is 1. The highest BCUT2D eigenvalue weighted by atomic mass is 16.7. The summed E-state index contributed by atoms with van der Waals surface area (Å²) in [5.41, 5.74) is -3.10. The van der Waals surface area contributed by atoms with E-state index < -0.39 is 89.9 Å². The van der Waals surface area contributed by atoms with Crippen LogP contribution < -0.4 is 0 Å². The lowest BCUT2D eigenvalue weighted by atomic mass is 9.50. The summed E-state index contributed by atoms with van der Waals surface area (Å²) in [6.07, 6.45) is -11.2. The molecule has 4 fully saturated rings. The van der Waals surface area contributed by atoms with Gasteiger partial charge in [0.15, 0.2) is 18.2 Å². The molecule has 12 heteroatoms. The Morgan fingerprint density at radius 3 is 2.42 bits per heavy atom. The minimum atomic E-state index is -1.86. The van der Waals surface area contributed by atoms with Gasteiger partial charge in [-0.1, -0.05) is 6.92 Å². The van der Waals surface area contributed by atoms with E-state index >= 15 is 0 Å². The number of hydrogen-bond acceptors (Lipinski definition) is 11. The van der Waals surface area contributed by atoms with Crippen molar-refractivity contribution in [1.29, 1.82) is 0 Å². The number of carbonyl (C=O) groups is 2. The molecule has 5 aliphatic rings. The van der Waals surface area contributed by atoms with Crippen molar-refractivity contribution >= 4 is 11.8 Å². The molecule has 3 heterocycles. The predicted molar refractivity (Wildman–Crippen MR) is 104 cm³/mol. The van der Waals surface area contributed by atoms with Crippen LogP contribution in [0.5, 0.6) is 0 Å². The molecule has 0 aromatic rings. The summed E-state index contributed by atoms with van der Waals surface area (Å²) in [5, 5.41) is 61.2. The molecule has 6 N–H and O–H groups in total. The van der Waals surface area contributed by atoms with E-state index in [1.807, 2.05) is 0 Å². The molecule has 184 valence electrons. The van der Waals surface area contributed by atoms with E-state index in [9.17, 15) is 40.2 Å². The maximum Gasteiger partial charge on any atom is 0.335 e. The van der Waals surface area contributed by atoms with Crippen LogP contribution in [0.15, 0.2) is 11.6 Å². The molecule has 12 atom stereocenters. The summed E-state index contributed by atoms with van der Waals surface area (Å²) in [6.45, 7) is 2.99. The van der Waals surface area contributed by atoms with Gasteiger partial charge in [-0.2, -0.15) is 0 Å². The van der Waals surface area contributed by atoms with Gasteiger partial charge in [0.25, 0.3) is 0 Å². The maximum absolute atomic E-state index is 12.7. The highest BCUT2D eigenvalue weighted by molar-refractivity contribution is 6.00. The minimum absolute atomic E-state index is 0.120. The van der Waals surface area contributed by atoms with Gasteiger partial charge >= 0.3 is 5.97 Å². The standard InChI is InChI=1S/C21H28O12/c1-7-3-9-20(5-22,15(27)10(7)23)19(2)4-8(16(32-9)21(19)6-30-21)31-18-13(26)11(24)12(25)14(33-18)17(28)29/h3,8-9,11-16,18,22,24-27H,4-6H2,1-2H3,(H,28,29)/t8-,9-,11+,12+,13-,14+,15-,16-,18-,19-,20-,21+/m1/s1. The van der Waals surface area contributed by atoms with Crippen LogP contribution in [0.25, 0.3) is 0 Å². The van der Waals surface area contributed by atoms with E-state index in [0.29, 0.717) is 5.57 Å². The van der Waals surface area contributed by atoms with E-state index in [1.54, 1.807) is 19.9 Å². The monoisotopic (exact) mass is 472 g/mol.